The van der Waals surface area contributed by atoms with Crippen molar-refractivity contribution in [2.75, 3.05) is 23.3 Å². The van der Waals surface area contributed by atoms with Crippen molar-refractivity contribution in [1.82, 2.24) is 15.2 Å². The summed E-state index contributed by atoms with van der Waals surface area (Å²) < 4.78 is 79.4. The monoisotopic (exact) mass is 449 g/mol. The van der Waals surface area contributed by atoms with Gasteiger partial charge in [0.15, 0.2) is 11.4 Å². The first-order valence-electron chi connectivity index (χ1n) is 9.36. The average molecular weight is 449 g/mol. The number of piperidine rings is 1. The van der Waals surface area contributed by atoms with E-state index < -0.39 is 47.3 Å². The summed E-state index contributed by atoms with van der Waals surface area (Å²) in [7, 11) is 0. The van der Waals surface area contributed by atoms with Crippen molar-refractivity contribution in [3.63, 3.8) is 0 Å². The third-order valence-electron chi connectivity index (χ3n) is 5.58. The molecule has 2 aliphatic heterocycles. The number of pyridine rings is 1. The molecule has 1 saturated heterocycles. The lowest BCUT2D eigenvalue weighted by atomic mass is 9.81. The minimum absolute atomic E-state index is 0.0337. The summed E-state index contributed by atoms with van der Waals surface area (Å²) in [6.07, 6.45) is -9.15. The first-order chi connectivity index (χ1) is 14.4. The second-order valence-electron chi connectivity index (χ2n) is 7.63. The molecule has 4 heterocycles. The minimum Gasteiger partial charge on any atom is -0.376 e. The highest BCUT2D eigenvalue weighted by atomic mass is 19.4. The van der Waals surface area contributed by atoms with Gasteiger partial charge in [0.1, 0.15) is 5.82 Å². The molecule has 0 radical (unpaired) electrons. The number of aromatic amines is 1. The number of carbonyl (C=O) groups excluding carboxylic acids is 1. The Kier molecular flexibility index (Phi) is 4.91. The predicted octanol–water partition coefficient (Wildman–Crippen LogP) is 3.30. The Morgan fingerprint density at radius 3 is 2.55 bits per heavy atom. The molecule has 0 saturated carbocycles. The zero-order chi connectivity index (χ0) is 22.6. The Morgan fingerprint density at radius 2 is 1.94 bits per heavy atom. The highest BCUT2D eigenvalue weighted by Crippen LogP contribution is 2.49. The van der Waals surface area contributed by atoms with E-state index in [2.05, 4.69) is 20.5 Å². The molecule has 7 nitrogen and oxygen atoms in total. The Balaban J connectivity index is 1.64. The fourth-order valence-electron chi connectivity index (χ4n) is 4.06. The Bertz CT molecular complexity index is 987. The summed E-state index contributed by atoms with van der Waals surface area (Å²) in [5, 5.41) is 18.9. The maximum Gasteiger partial charge on any atom is 0.422 e. The SMILES string of the molecule is O=C1CC(O)(C(F)(F)F)c2c(n[nH]c2C2CCCN(c3ccc(C(F)(F)F)cn3)C2)N1. The number of aromatic nitrogens is 3. The molecule has 0 aromatic carbocycles. The van der Waals surface area contributed by atoms with E-state index in [-0.39, 0.29) is 23.9 Å². The van der Waals surface area contributed by atoms with Crippen molar-refractivity contribution in [2.45, 2.75) is 43.1 Å². The van der Waals surface area contributed by atoms with E-state index in [1.807, 2.05) is 0 Å². The highest BCUT2D eigenvalue weighted by Gasteiger charge is 2.61. The van der Waals surface area contributed by atoms with Crippen LogP contribution in [-0.4, -0.2) is 45.5 Å². The number of nitrogens with zero attached hydrogens (tertiary/aromatic N) is 3. The maximum atomic E-state index is 13.7. The first-order valence-corrected chi connectivity index (χ1v) is 9.36. The molecular formula is C18H17F6N5O2. The third-order valence-corrected chi connectivity index (χ3v) is 5.58. The molecule has 4 rings (SSSR count). The number of aliphatic hydroxyl groups is 1. The molecule has 2 unspecified atom stereocenters. The van der Waals surface area contributed by atoms with Gasteiger partial charge in [-0.3, -0.25) is 9.89 Å². The number of hydrogen-bond donors (Lipinski definition) is 3. The van der Waals surface area contributed by atoms with E-state index in [9.17, 15) is 36.2 Å². The normalized spacial score (nSPS) is 24.7. The lowest BCUT2D eigenvalue weighted by Gasteiger charge is -2.37. The number of anilines is 2. The topological polar surface area (TPSA) is 94.1 Å². The lowest BCUT2D eigenvalue weighted by molar-refractivity contribution is -0.267. The van der Waals surface area contributed by atoms with E-state index in [4.69, 9.17) is 0 Å². The zero-order valence-corrected chi connectivity index (χ0v) is 15.8. The van der Waals surface area contributed by atoms with Crippen LogP contribution in [0.5, 0.6) is 0 Å². The smallest absolute Gasteiger partial charge is 0.376 e. The number of hydrogen-bond acceptors (Lipinski definition) is 5. The molecule has 0 bridgehead atoms. The van der Waals surface area contributed by atoms with Gasteiger partial charge >= 0.3 is 12.4 Å². The molecule has 2 aliphatic rings. The Labute approximate surface area is 171 Å². The van der Waals surface area contributed by atoms with Gasteiger partial charge in [0, 0.05) is 30.9 Å². The van der Waals surface area contributed by atoms with Crippen molar-refractivity contribution in [3.05, 3.63) is 35.2 Å². The molecule has 31 heavy (non-hydrogen) atoms. The molecule has 2 atom stereocenters. The second kappa shape index (κ2) is 7.11. The van der Waals surface area contributed by atoms with Crippen LogP contribution in [0.3, 0.4) is 0 Å². The number of alkyl halides is 6. The van der Waals surface area contributed by atoms with E-state index in [1.165, 1.54) is 6.07 Å². The number of rotatable bonds is 2. The van der Waals surface area contributed by atoms with Gasteiger partial charge in [-0.05, 0) is 25.0 Å². The summed E-state index contributed by atoms with van der Waals surface area (Å²) >= 11 is 0. The molecule has 2 aromatic rings. The third kappa shape index (κ3) is 3.70. The molecule has 1 fully saturated rings. The number of nitrogens with one attached hydrogen (secondary N) is 2. The molecule has 0 aliphatic carbocycles. The van der Waals surface area contributed by atoms with Crippen molar-refractivity contribution in [2.24, 2.45) is 0 Å². The summed E-state index contributed by atoms with van der Waals surface area (Å²) in [5.74, 6) is -1.68. The van der Waals surface area contributed by atoms with Crippen LogP contribution in [0.2, 0.25) is 0 Å². The van der Waals surface area contributed by atoms with Gasteiger partial charge < -0.3 is 15.3 Å². The number of H-pyrrole nitrogens is 1. The van der Waals surface area contributed by atoms with Crippen molar-refractivity contribution < 1.29 is 36.2 Å². The van der Waals surface area contributed by atoms with Crippen LogP contribution in [0.25, 0.3) is 0 Å². The van der Waals surface area contributed by atoms with E-state index >= 15 is 0 Å². The van der Waals surface area contributed by atoms with Crippen molar-refractivity contribution >= 4 is 17.5 Å². The fourth-order valence-corrected chi connectivity index (χ4v) is 4.06. The van der Waals surface area contributed by atoms with Crippen LogP contribution >= 0.6 is 0 Å². The number of carbonyl (C=O) groups is 1. The molecule has 2 aromatic heterocycles. The van der Waals surface area contributed by atoms with Gasteiger partial charge in [-0.1, -0.05) is 0 Å². The predicted molar refractivity (Wildman–Crippen MR) is 95.2 cm³/mol. The number of fused-ring (bicyclic) bond motifs is 1. The average Bonchev–Trinajstić information content (AvgIpc) is 3.11. The van der Waals surface area contributed by atoms with E-state index in [0.717, 1.165) is 6.07 Å². The molecule has 13 heteroatoms. The molecule has 3 N–H and O–H groups in total. The molecule has 168 valence electrons. The van der Waals surface area contributed by atoms with Gasteiger partial charge in [0.05, 0.1) is 17.5 Å². The van der Waals surface area contributed by atoms with Crippen LogP contribution in [0, 0.1) is 0 Å². The Morgan fingerprint density at radius 1 is 1.19 bits per heavy atom. The van der Waals surface area contributed by atoms with Gasteiger partial charge in [-0.15, -0.1) is 0 Å². The van der Waals surface area contributed by atoms with Crippen LogP contribution in [0.1, 0.15) is 42.0 Å². The van der Waals surface area contributed by atoms with Gasteiger partial charge in [-0.2, -0.15) is 31.4 Å². The quantitative estimate of drug-likeness (QED) is 0.612. The van der Waals surface area contributed by atoms with E-state index in [0.29, 0.717) is 25.6 Å². The van der Waals surface area contributed by atoms with Gasteiger partial charge in [-0.25, -0.2) is 4.98 Å². The molecule has 0 spiro atoms. The summed E-state index contributed by atoms with van der Waals surface area (Å²) in [6.45, 7) is 0.598. The summed E-state index contributed by atoms with van der Waals surface area (Å²) in [6, 6.07) is 2.10. The lowest BCUT2D eigenvalue weighted by Crippen LogP contribution is -2.49. The second-order valence-corrected chi connectivity index (χ2v) is 7.63. The van der Waals surface area contributed by atoms with Crippen molar-refractivity contribution in [1.29, 1.82) is 0 Å². The zero-order valence-electron chi connectivity index (χ0n) is 15.8. The largest absolute Gasteiger partial charge is 0.422 e. The standard InChI is InChI=1S/C18H17F6N5O2/c19-17(20,21)10-3-4-11(25-7-10)29-5-1-2-9(8-29)14-13-15(28-27-14)26-12(30)6-16(13,31)18(22,23)24/h3-4,7,9,31H,1-2,5-6,8H2,(H2,26,27,28,30). The Hall–Kier alpha value is -2.83. The fraction of sp³-hybridized carbons (Fsp3) is 0.500. The van der Waals surface area contributed by atoms with Crippen LogP contribution < -0.4 is 10.2 Å². The van der Waals surface area contributed by atoms with Crippen LogP contribution in [0.4, 0.5) is 38.0 Å². The van der Waals surface area contributed by atoms with Gasteiger partial charge in [0.2, 0.25) is 5.91 Å². The number of amides is 1. The highest BCUT2D eigenvalue weighted by molar-refractivity contribution is 5.94. The first kappa shape index (κ1) is 21.4. The van der Waals surface area contributed by atoms with Crippen molar-refractivity contribution in [3.8, 4) is 0 Å². The minimum atomic E-state index is -5.11. The molecule has 1 amide bonds. The summed E-state index contributed by atoms with van der Waals surface area (Å²) in [4.78, 5) is 17.2. The maximum absolute atomic E-state index is 13.7. The summed E-state index contributed by atoms with van der Waals surface area (Å²) in [5.41, 5.74) is -4.78. The number of halogens is 6. The van der Waals surface area contributed by atoms with Crippen LogP contribution in [0.15, 0.2) is 18.3 Å². The van der Waals surface area contributed by atoms with Crippen LogP contribution in [-0.2, 0) is 16.6 Å². The van der Waals surface area contributed by atoms with E-state index in [1.54, 1.807) is 4.90 Å². The molecular weight excluding hydrogens is 432 g/mol. The van der Waals surface area contributed by atoms with Gasteiger partial charge in [0.25, 0.3) is 0 Å².